The number of methoxy groups -OCH3 is 1. The van der Waals surface area contributed by atoms with Crippen molar-refractivity contribution in [2.75, 3.05) is 7.11 Å². The molecule has 0 aliphatic rings. The summed E-state index contributed by atoms with van der Waals surface area (Å²) in [6, 6.07) is 6.01. The maximum absolute atomic E-state index is 5.72. The van der Waals surface area contributed by atoms with E-state index in [9.17, 15) is 0 Å². The van der Waals surface area contributed by atoms with Crippen molar-refractivity contribution in [3.8, 4) is 0 Å². The van der Waals surface area contributed by atoms with E-state index in [4.69, 9.17) is 4.74 Å². The van der Waals surface area contributed by atoms with E-state index in [1.165, 1.54) is 0 Å². The molecule has 0 saturated heterocycles. The first-order valence-electron chi connectivity index (χ1n) is 5.61. The molecular weight excluding hydrogens is 186 g/mol. The van der Waals surface area contributed by atoms with Gasteiger partial charge in [-0.2, -0.15) is 0 Å². The summed E-state index contributed by atoms with van der Waals surface area (Å²) in [6.45, 7) is 6.58. The van der Waals surface area contributed by atoms with Crippen LogP contribution in [0.4, 0.5) is 0 Å². The molecule has 0 fully saturated rings. The Morgan fingerprint density at radius 1 is 1.40 bits per heavy atom. The van der Waals surface area contributed by atoms with E-state index < -0.39 is 0 Å². The van der Waals surface area contributed by atoms with Gasteiger partial charge in [-0.1, -0.05) is 26.8 Å². The number of ether oxygens (including phenoxy) is 1. The molecule has 0 spiro atoms. The van der Waals surface area contributed by atoms with Crippen molar-refractivity contribution in [1.29, 1.82) is 0 Å². The Morgan fingerprint density at radius 3 is 2.53 bits per heavy atom. The zero-order valence-corrected chi connectivity index (χ0v) is 10.2. The van der Waals surface area contributed by atoms with Gasteiger partial charge < -0.3 is 4.74 Å². The highest BCUT2D eigenvalue weighted by atomic mass is 16.5. The van der Waals surface area contributed by atoms with Gasteiger partial charge in [-0.05, 0) is 30.9 Å². The second kappa shape index (κ2) is 5.26. The summed E-state index contributed by atoms with van der Waals surface area (Å²) in [6.07, 6.45) is 3.80. The molecule has 0 amide bonds. The van der Waals surface area contributed by atoms with E-state index in [0.717, 1.165) is 18.5 Å². The molecule has 1 aromatic heterocycles. The molecule has 1 heterocycles. The quantitative estimate of drug-likeness (QED) is 0.738. The lowest BCUT2D eigenvalue weighted by molar-refractivity contribution is -0.0384. The van der Waals surface area contributed by atoms with E-state index in [2.05, 4.69) is 31.8 Å². The van der Waals surface area contributed by atoms with E-state index in [-0.39, 0.29) is 5.60 Å². The average Bonchev–Trinajstić information content (AvgIpc) is 2.27. The molecule has 2 nitrogen and oxygen atoms in total. The Morgan fingerprint density at radius 2 is 2.13 bits per heavy atom. The Bertz CT molecular complexity index is 278. The monoisotopic (exact) mass is 207 g/mol. The third-order valence-corrected chi connectivity index (χ3v) is 2.83. The molecule has 84 valence electrons. The van der Waals surface area contributed by atoms with Gasteiger partial charge in [-0.25, -0.2) is 0 Å². The molecular formula is C13H21NO. The summed E-state index contributed by atoms with van der Waals surface area (Å²) in [4.78, 5) is 4.42. The summed E-state index contributed by atoms with van der Waals surface area (Å²) in [7, 11) is 1.78. The summed E-state index contributed by atoms with van der Waals surface area (Å²) in [5.74, 6) is 0.604. The molecule has 0 aliphatic heterocycles. The zero-order valence-electron chi connectivity index (χ0n) is 10.2. The highest BCUT2D eigenvalue weighted by Crippen LogP contribution is 2.33. The molecule has 1 unspecified atom stereocenters. The normalized spacial score (nSPS) is 15.3. The fourth-order valence-corrected chi connectivity index (χ4v) is 2.05. The van der Waals surface area contributed by atoms with E-state index >= 15 is 0 Å². The Kier molecular flexibility index (Phi) is 4.28. The van der Waals surface area contributed by atoms with Crippen molar-refractivity contribution in [2.45, 2.75) is 39.2 Å². The van der Waals surface area contributed by atoms with Crippen molar-refractivity contribution >= 4 is 0 Å². The van der Waals surface area contributed by atoms with Gasteiger partial charge in [-0.3, -0.25) is 4.98 Å². The van der Waals surface area contributed by atoms with Crippen LogP contribution in [-0.2, 0) is 10.3 Å². The first-order valence-corrected chi connectivity index (χ1v) is 5.61. The van der Waals surface area contributed by atoms with Crippen molar-refractivity contribution in [3.63, 3.8) is 0 Å². The van der Waals surface area contributed by atoms with Crippen molar-refractivity contribution < 1.29 is 4.74 Å². The van der Waals surface area contributed by atoms with Crippen LogP contribution in [0.25, 0.3) is 0 Å². The van der Waals surface area contributed by atoms with Crippen LogP contribution < -0.4 is 0 Å². The fraction of sp³-hybridized carbons (Fsp3) is 0.615. The molecule has 0 aliphatic carbocycles. The van der Waals surface area contributed by atoms with Crippen molar-refractivity contribution in [1.82, 2.24) is 4.98 Å². The van der Waals surface area contributed by atoms with Crippen LogP contribution >= 0.6 is 0 Å². The Labute approximate surface area is 92.7 Å². The van der Waals surface area contributed by atoms with Gasteiger partial charge in [0.15, 0.2) is 0 Å². The van der Waals surface area contributed by atoms with Crippen molar-refractivity contribution in [2.24, 2.45) is 5.92 Å². The molecule has 0 saturated carbocycles. The standard InChI is InChI=1S/C13H21NO/c1-5-13(15-4,10-11(2)3)12-8-6-7-9-14-12/h6-9,11H,5,10H2,1-4H3. The Hall–Kier alpha value is -0.890. The summed E-state index contributed by atoms with van der Waals surface area (Å²) < 4.78 is 5.72. The SMILES string of the molecule is CCC(CC(C)C)(OC)c1ccccn1. The molecule has 2 heteroatoms. The lowest BCUT2D eigenvalue weighted by atomic mass is 9.86. The second-order valence-electron chi connectivity index (χ2n) is 4.36. The predicted molar refractivity (Wildman–Crippen MR) is 62.7 cm³/mol. The van der Waals surface area contributed by atoms with Gasteiger partial charge in [0.1, 0.15) is 5.60 Å². The van der Waals surface area contributed by atoms with Crippen molar-refractivity contribution in [3.05, 3.63) is 30.1 Å². The third kappa shape index (κ3) is 2.78. The first-order chi connectivity index (χ1) is 7.14. The summed E-state index contributed by atoms with van der Waals surface area (Å²) in [5, 5.41) is 0. The topological polar surface area (TPSA) is 22.1 Å². The number of hydrogen-bond acceptors (Lipinski definition) is 2. The molecule has 0 radical (unpaired) electrons. The number of nitrogens with zero attached hydrogens (tertiary/aromatic N) is 1. The maximum atomic E-state index is 5.72. The van der Waals surface area contributed by atoms with Gasteiger partial charge in [0.2, 0.25) is 0 Å². The lowest BCUT2D eigenvalue weighted by Gasteiger charge is -2.32. The highest BCUT2D eigenvalue weighted by Gasteiger charge is 2.32. The third-order valence-electron chi connectivity index (χ3n) is 2.83. The van der Waals surface area contributed by atoms with E-state index in [1.807, 2.05) is 18.3 Å². The maximum Gasteiger partial charge on any atom is 0.110 e. The minimum absolute atomic E-state index is 0.213. The van der Waals surface area contributed by atoms with Crippen LogP contribution in [0.1, 0.15) is 39.3 Å². The lowest BCUT2D eigenvalue weighted by Crippen LogP contribution is -2.30. The largest absolute Gasteiger partial charge is 0.372 e. The molecule has 15 heavy (non-hydrogen) atoms. The molecule has 1 atom stereocenters. The van der Waals surface area contributed by atoms with Gasteiger partial charge in [0, 0.05) is 13.3 Å². The predicted octanol–water partition coefficient (Wildman–Crippen LogP) is 3.38. The molecule has 0 aromatic carbocycles. The number of aromatic nitrogens is 1. The Balaban J connectivity index is 3.00. The highest BCUT2D eigenvalue weighted by molar-refractivity contribution is 5.13. The molecule has 1 aromatic rings. The summed E-state index contributed by atoms with van der Waals surface area (Å²) >= 11 is 0. The van der Waals surface area contributed by atoms with E-state index in [0.29, 0.717) is 5.92 Å². The number of rotatable bonds is 5. The first kappa shape index (κ1) is 12.2. The van der Waals surface area contributed by atoms with Crippen LogP contribution in [0.5, 0.6) is 0 Å². The van der Waals surface area contributed by atoms with Gasteiger partial charge in [0.05, 0.1) is 5.69 Å². The second-order valence-corrected chi connectivity index (χ2v) is 4.36. The van der Waals surface area contributed by atoms with Gasteiger partial charge in [-0.15, -0.1) is 0 Å². The number of hydrogen-bond donors (Lipinski definition) is 0. The fourth-order valence-electron chi connectivity index (χ4n) is 2.05. The van der Waals surface area contributed by atoms with Crippen LogP contribution in [0.3, 0.4) is 0 Å². The minimum atomic E-state index is -0.213. The van der Waals surface area contributed by atoms with Crippen LogP contribution in [-0.4, -0.2) is 12.1 Å². The van der Waals surface area contributed by atoms with Crippen LogP contribution in [0, 0.1) is 5.92 Å². The average molecular weight is 207 g/mol. The minimum Gasteiger partial charge on any atom is -0.372 e. The van der Waals surface area contributed by atoms with Crippen LogP contribution in [0.2, 0.25) is 0 Å². The zero-order chi connectivity index (χ0) is 11.3. The number of pyridine rings is 1. The van der Waals surface area contributed by atoms with E-state index in [1.54, 1.807) is 7.11 Å². The molecule has 0 bridgehead atoms. The van der Waals surface area contributed by atoms with Crippen LogP contribution in [0.15, 0.2) is 24.4 Å². The molecule has 1 rings (SSSR count). The van der Waals surface area contributed by atoms with Gasteiger partial charge in [0.25, 0.3) is 0 Å². The summed E-state index contributed by atoms with van der Waals surface area (Å²) in [5.41, 5.74) is 0.832. The van der Waals surface area contributed by atoms with Gasteiger partial charge >= 0.3 is 0 Å². The molecule has 0 N–H and O–H groups in total. The smallest absolute Gasteiger partial charge is 0.110 e.